The topological polar surface area (TPSA) is 77.8 Å². The SMILES string of the molecule is c1ccc(-c2nc(-c3ccccc3)nc(-c3ccc4c(c3)oc3ccc5oc(-c6ccc7ccccc7c6)nc5c34)n2)cc1. The summed E-state index contributed by atoms with van der Waals surface area (Å²) >= 11 is 0. The summed E-state index contributed by atoms with van der Waals surface area (Å²) < 4.78 is 12.6. The van der Waals surface area contributed by atoms with E-state index in [1.54, 1.807) is 0 Å². The molecule has 0 fully saturated rings. The van der Waals surface area contributed by atoms with Crippen LogP contribution in [0.2, 0.25) is 0 Å². The lowest BCUT2D eigenvalue weighted by molar-refractivity contribution is 0.619. The number of hydrogen-bond donors (Lipinski definition) is 0. The van der Waals surface area contributed by atoms with E-state index in [-0.39, 0.29) is 0 Å². The fourth-order valence-corrected chi connectivity index (χ4v) is 5.78. The predicted molar refractivity (Wildman–Crippen MR) is 174 cm³/mol. The summed E-state index contributed by atoms with van der Waals surface area (Å²) in [6.07, 6.45) is 0. The first kappa shape index (κ1) is 24.5. The Morgan fingerprint density at radius 3 is 1.73 bits per heavy atom. The highest BCUT2D eigenvalue weighted by molar-refractivity contribution is 6.17. The second kappa shape index (κ2) is 9.71. The van der Waals surface area contributed by atoms with Gasteiger partial charge in [-0.3, -0.25) is 0 Å². The van der Waals surface area contributed by atoms with Crippen LogP contribution in [0.15, 0.2) is 142 Å². The predicted octanol–water partition coefficient (Wildman–Crippen LogP) is 9.73. The Kier molecular flexibility index (Phi) is 5.40. The number of nitrogens with zero attached hydrogens (tertiary/aromatic N) is 4. The van der Waals surface area contributed by atoms with E-state index in [0.717, 1.165) is 55.1 Å². The second-order valence-corrected chi connectivity index (χ2v) is 10.7. The van der Waals surface area contributed by atoms with Gasteiger partial charge in [0.15, 0.2) is 23.1 Å². The van der Waals surface area contributed by atoms with Crippen LogP contribution in [0.1, 0.15) is 0 Å². The van der Waals surface area contributed by atoms with Gasteiger partial charge in [0, 0.05) is 27.6 Å². The van der Waals surface area contributed by atoms with Crippen molar-refractivity contribution in [1.82, 2.24) is 19.9 Å². The van der Waals surface area contributed by atoms with E-state index in [4.69, 9.17) is 28.8 Å². The molecule has 0 saturated heterocycles. The van der Waals surface area contributed by atoms with E-state index in [1.807, 2.05) is 103 Å². The maximum absolute atomic E-state index is 6.37. The summed E-state index contributed by atoms with van der Waals surface area (Å²) in [6.45, 7) is 0. The molecule has 0 saturated carbocycles. The van der Waals surface area contributed by atoms with Gasteiger partial charge in [-0.25, -0.2) is 19.9 Å². The minimum Gasteiger partial charge on any atom is -0.456 e. The molecule has 0 unspecified atom stereocenters. The molecule has 0 N–H and O–H groups in total. The van der Waals surface area contributed by atoms with Gasteiger partial charge in [0.05, 0.1) is 5.39 Å². The van der Waals surface area contributed by atoms with E-state index in [0.29, 0.717) is 28.9 Å². The second-order valence-electron chi connectivity index (χ2n) is 10.7. The van der Waals surface area contributed by atoms with Gasteiger partial charge in [-0.1, -0.05) is 97.1 Å². The average Bonchev–Trinajstić information content (AvgIpc) is 3.70. The highest BCUT2D eigenvalue weighted by Gasteiger charge is 2.18. The molecule has 6 heteroatoms. The molecular weight excluding hydrogens is 544 g/mol. The quantitative estimate of drug-likeness (QED) is 0.211. The molecule has 0 radical (unpaired) electrons. The van der Waals surface area contributed by atoms with Crippen molar-refractivity contribution >= 4 is 43.8 Å². The lowest BCUT2D eigenvalue weighted by atomic mass is 10.1. The molecule has 3 heterocycles. The number of rotatable bonds is 4. The van der Waals surface area contributed by atoms with Crippen LogP contribution in [-0.4, -0.2) is 19.9 Å². The Morgan fingerprint density at radius 2 is 1.00 bits per heavy atom. The van der Waals surface area contributed by atoms with Crippen molar-refractivity contribution in [1.29, 1.82) is 0 Å². The van der Waals surface area contributed by atoms with Crippen molar-refractivity contribution in [2.75, 3.05) is 0 Å². The number of furan rings is 1. The van der Waals surface area contributed by atoms with Crippen molar-refractivity contribution in [2.45, 2.75) is 0 Å². The Hall–Kier alpha value is -6.14. The molecule has 9 aromatic rings. The maximum atomic E-state index is 6.37. The lowest BCUT2D eigenvalue weighted by Crippen LogP contribution is -2.00. The van der Waals surface area contributed by atoms with E-state index in [9.17, 15) is 0 Å². The van der Waals surface area contributed by atoms with Gasteiger partial charge in [-0.2, -0.15) is 0 Å². The normalized spacial score (nSPS) is 11.6. The van der Waals surface area contributed by atoms with Crippen molar-refractivity contribution < 1.29 is 8.83 Å². The van der Waals surface area contributed by atoms with Gasteiger partial charge < -0.3 is 8.83 Å². The van der Waals surface area contributed by atoms with Crippen molar-refractivity contribution in [3.05, 3.63) is 133 Å². The molecule has 0 bridgehead atoms. The summed E-state index contributed by atoms with van der Waals surface area (Å²) in [4.78, 5) is 19.5. The summed E-state index contributed by atoms with van der Waals surface area (Å²) in [6, 6.07) is 44.4. The van der Waals surface area contributed by atoms with Crippen LogP contribution in [0, 0.1) is 0 Å². The Bertz CT molecular complexity index is 2440. The summed E-state index contributed by atoms with van der Waals surface area (Å²) in [5, 5.41) is 4.19. The summed E-state index contributed by atoms with van der Waals surface area (Å²) in [7, 11) is 0. The highest BCUT2D eigenvalue weighted by Crippen LogP contribution is 2.38. The largest absolute Gasteiger partial charge is 0.456 e. The fourth-order valence-electron chi connectivity index (χ4n) is 5.78. The monoisotopic (exact) mass is 566 g/mol. The molecule has 44 heavy (non-hydrogen) atoms. The van der Waals surface area contributed by atoms with Gasteiger partial charge in [0.1, 0.15) is 16.7 Å². The smallest absolute Gasteiger partial charge is 0.227 e. The van der Waals surface area contributed by atoms with Crippen LogP contribution in [0.3, 0.4) is 0 Å². The molecule has 0 spiro atoms. The van der Waals surface area contributed by atoms with Crippen LogP contribution in [0.25, 0.3) is 89.4 Å². The molecule has 9 rings (SSSR count). The zero-order valence-corrected chi connectivity index (χ0v) is 23.3. The van der Waals surface area contributed by atoms with Gasteiger partial charge in [0.25, 0.3) is 0 Å². The van der Waals surface area contributed by atoms with Crippen molar-refractivity contribution in [3.8, 4) is 45.6 Å². The number of fused-ring (bicyclic) bond motifs is 6. The van der Waals surface area contributed by atoms with Crippen LogP contribution >= 0.6 is 0 Å². The molecule has 6 nitrogen and oxygen atoms in total. The first-order valence-corrected chi connectivity index (χ1v) is 14.4. The number of benzene rings is 6. The molecular formula is C38H22N4O2. The van der Waals surface area contributed by atoms with E-state index >= 15 is 0 Å². The third kappa shape index (κ3) is 4.04. The van der Waals surface area contributed by atoms with Gasteiger partial charge in [-0.15, -0.1) is 0 Å². The maximum Gasteiger partial charge on any atom is 0.227 e. The van der Waals surface area contributed by atoms with Gasteiger partial charge >= 0.3 is 0 Å². The number of oxazole rings is 1. The third-order valence-corrected chi connectivity index (χ3v) is 7.95. The lowest BCUT2D eigenvalue weighted by Gasteiger charge is -2.08. The molecule has 206 valence electrons. The zero-order valence-electron chi connectivity index (χ0n) is 23.3. The van der Waals surface area contributed by atoms with E-state index in [1.165, 1.54) is 5.39 Å². The van der Waals surface area contributed by atoms with Crippen LogP contribution < -0.4 is 0 Å². The molecule has 0 aliphatic carbocycles. The highest BCUT2D eigenvalue weighted by atomic mass is 16.4. The van der Waals surface area contributed by atoms with E-state index < -0.39 is 0 Å². The fraction of sp³-hybridized carbons (Fsp3) is 0. The summed E-state index contributed by atoms with van der Waals surface area (Å²) in [5.41, 5.74) is 6.57. The van der Waals surface area contributed by atoms with Crippen LogP contribution in [0.5, 0.6) is 0 Å². The van der Waals surface area contributed by atoms with Crippen LogP contribution in [0.4, 0.5) is 0 Å². The number of aromatic nitrogens is 4. The summed E-state index contributed by atoms with van der Waals surface area (Å²) in [5.74, 6) is 2.39. The van der Waals surface area contributed by atoms with E-state index in [2.05, 4.69) is 30.3 Å². The van der Waals surface area contributed by atoms with Crippen molar-refractivity contribution in [3.63, 3.8) is 0 Å². The minimum atomic E-state index is 0.574. The molecule has 6 aromatic carbocycles. The molecule has 0 amide bonds. The van der Waals surface area contributed by atoms with Gasteiger partial charge in [0.2, 0.25) is 5.89 Å². The molecule has 0 aliphatic heterocycles. The third-order valence-electron chi connectivity index (χ3n) is 7.95. The Morgan fingerprint density at radius 1 is 0.386 bits per heavy atom. The number of hydrogen-bond acceptors (Lipinski definition) is 6. The first-order chi connectivity index (χ1) is 21.8. The molecule has 0 atom stereocenters. The van der Waals surface area contributed by atoms with Crippen LogP contribution in [-0.2, 0) is 0 Å². The molecule has 3 aromatic heterocycles. The first-order valence-electron chi connectivity index (χ1n) is 14.4. The minimum absolute atomic E-state index is 0.574. The Balaban J connectivity index is 1.18. The average molecular weight is 567 g/mol. The van der Waals surface area contributed by atoms with Crippen molar-refractivity contribution in [2.24, 2.45) is 0 Å². The molecule has 0 aliphatic rings. The zero-order chi connectivity index (χ0) is 29.0. The van der Waals surface area contributed by atoms with Gasteiger partial charge in [-0.05, 0) is 47.2 Å². The Labute approximate surface area is 251 Å². The standard InChI is InChI=1S/C38H22N4O2/c1-3-10-24(11-4-1)35-40-36(25-12-5-2-6-13-25)42-37(41-35)27-17-18-29-32(22-27)43-30-19-20-31-34(33(29)30)39-38(44-31)28-16-15-23-9-7-8-14-26(23)21-28/h1-22H.